The fourth-order valence-electron chi connectivity index (χ4n) is 1.10. The monoisotopic (exact) mass is 263 g/mol. The highest BCUT2D eigenvalue weighted by Crippen LogP contribution is 2.38. The second kappa shape index (κ2) is 4.59. The molecule has 5 nitrogen and oxygen atoms in total. The standard InChI is InChI=1S/C9H7Cl2NO4/c1-3(13)12-8-4(10)2-5(14)6(7(8)11)9(15)16/h2,14H,1H3,(H,12,13)(H,15,16). The molecule has 1 aromatic rings. The Bertz CT molecular complexity index is 473. The van der Waals surface area contributed by atoms with Crippen LogP contribution in [0.5, 0.6) is 5.75 Å². The van der Waals surface area contributed by atoms with Crippen molar-refractivity contribution in [2.75, 3.05) is 5.32 Å². The molecule has 0 saturated heterocycles. The number of rotatable bonds is 2. The molecule has 0 radical (unpaired) electrons. The van der Waals surface area contributed by atoms with Crippen molar-refractivity contribution in [2.24, 2.45) is 0 Å². The molecule has 0 aliphatic heterocycles. The lowest BCUT2D eigenvalue weighted by Gasteiger charge is -2.11. The normalized spacial score (nSPS) is 9.94. The molecule has 3 N–H and O–H groups in total. The first-order valence-corrected chi connectivity index (χ1v) is 4.82. The predicted octanol–water partition coefficient (Wildman–Crippen LogP) is 2.36. The zero-order valence-electron chi connectivity index (χ0n) is 8.04. The van der Waals surface area contributed by atoms with Crippen molar-refractivity contribution < 1.29 is 19.8 Å². The number of halogens is 2. The van der Waals surface area contributed by atoms with E-state index in [1.54, 1.807) is 0 Å². The Labute approximate surface area is 101 Å². The average Bonchev–Trinajstić information content (AvgIpc) is 2.10. The number of carboxylic acids is 1. The van der Waals surface area contributed by atoms with Crippen LogP contribution in [0.2, 0.25) is 10.0 Å². The van der Waals surface area contributed by atoms with E-state index in [0.29, 0.717) is 0 Å². The summed E-state index contributed by atoms with van der Waals surface area (Å²) in [5, 5.41) is 20.1. The number of aromatic hydroxyl groups is 1. The van der Waals surface area contributed by atoms with Crippen molar-refractivity contribution in [3.05, 3.63) is 21.7 Å². The van der Waals surface area contributed by atoms with Gasteiger partial charge in [0.2, 0.25) is 5.91 Å². The maximum Gasteiger partial charge on any atom is 0.341 e. The molecule has 0 spiro atoms. The third-order valence-corrected chi connectivity index (χ3v) is 2.39. The summed E-state index contributed by atoms with van der Waals surface area (Å²) in [6.45, 7) is 1.22. The minimum Gasteiger partial charge on any atom is -0.507 e. The molecule has 1 aromatic carbocycles. The zero-order chi connectivity index (χ0) is 12.5. The third-order valence-electron chi connectivity index (χ3n) is 1.71. The third kappa shape index (κ3) is 2.37. The number of carbonyl (C=O) groups excluding carboxylic acids is 1. The number of phenols is 1. The van der Waals surface area contributed by atoms with Gasteiger partial charge in [0, 0.05) is 13.0 Å². The maximum absolute atomic E-state index is 10.8. The molecule has 0 aliphatic rings. The van der Waals surface area contributed by atoms with Crippen LogP contribution in [-0.2, 0) is 4.79 Å². The Hall–Kier alpha value is -1.46. The van der Waals surface area contributed by atoms with Crippen molar-refractivity contribution in [3.8, 4) is 5.75 Å². The number of hydrogen-bond donors (Lipinski definition) is 3. The molecule has 86 valence electrons. The Kier molecular flexibility index (Phi) is 3.62. The van der Waals surface area contributed by atoms with Gasteiger partial charge in [0.1, 0.15) is 11.3 Å². The number of nitrogens with one attached hydrogen (secondary N) is 1. The molecular formula is C9H7Cl2NO4. The van der Waals surface area contributed by atoms with Crippen molar-refractivity contribution >= 4 is 40.8 Å². The molecule has 0 unspecified atom stereocenters. The quantitative estimate of drug-likeness (QED) is 0.715. The Morgan fingerprint density at radius 3 is 2.38 bits per heavy atom. The van der Waals surface area contributed by atoms with Gasteiger partial charge in [-0.25, -0.2) is 4.79 Å². The van der Waals surface area contributed by atoms with E-state index in [0.717, 1.165) is 6.07 Å². The molecule has 0 heterocycles. The van der Waals surface area contributed by atoms with E-state index in [-0.39, 0.29) is 15.7 Å². The number of anilines is 1. The van der Waals surface area contributed by atoms with Crippen molar-refractivity contribution in [2.45, 2.75) is 6.92 Å². The molecule has 0 bridgehead atoms. The van der Waals surface area contributed by atoms with Crippen molar-refractivity contribution in [1.29, 1.82) is 0 Å². The molecule has 1 amide bonds. The van der Waals surface area contributed by atoms with E-state index < -0.39 is 23.2 Å². The van der Waals surface area contributed by atoms with Crippen molar-refractivity contribution in [3.63, 3.8) is 0 Å². The first-order valence-electron chi connectivity index (χ1n) is 4.06. The van der Waals surface area contributed by atoms with E-state index in [4.69, 9.17) is 28.3 Å². The SMILES string of the molecule is CC(=O)Nc1c(Cl)cc(O)c(C(=O)O)c1Cl. The summed E-state index contributed by atoms with van der Waals surface area (Å²) in [6.07, 6.45) is 0. The fraction of sp³-hybridized carbons (Fsp3) is 0.111. The van der Waals surface area contributed by atoms with Crippen LogP contribution in [0.15, 0.2) is 6.07 Å². The van der Waals surface area contributed by atoms with Gasteiger partial charge in [-0.05, 0) is 0 Å². The van der Waals surface area contributed by atoms with Gasteiger partial charge in [0.15, 0.2) is 0 Å². The van der Waals surface area contributed by atoms with Gasteiger partial charge >= 0.3 is 5.97 Å². The highest BCUT2D eigenvalue weighted by molar-refractivity contribution is 6.42. The molecule has 1 rings (SSSR count). The first-order chi connectivity index (χ1) is 7.34. The summed E-state index contributed by atoms with van der Waals surface area (Å²) < 4.78 is 0. The van der Waals surface area contributed by atoms with E-state index in [2.05, 4.69) is 5.32 Å². The van der Waals surface area contributed by atoms with Gasteiger partial charge in [0.25, 0.3) is 0 Å². The highest BCUT2D eigenvalue weighted by Gasteiger charge is 2.21. The van der Waals surface area contributed by atoms with Crippen LogP contribution >= 0.6 is 23.2 Å². The number of benzene rings is 1. The van der Waals surface area contributed by atoms with Gasteiger partial charge in [-0.15, -0.1) is 0 Å². The smallest absolute Gasteiger partial charge is 0.341 e. The van der Waals surface area contributed by atoms with Crippen LogP contribution in [0.4, 0.5) is 5.69 Å². The Morgan fingerprint density at radius 2 is 1.94 bits per heavy atom. The lowest BCUT2D eigenvalue weighted by Crippen LogP contribution is -2.09. The molecule has 0 saturated carbocycles. The summed E-state index contributed by atoms with van der Waals surface area (Å²) in [7, 11) is 0. The first kappa shape index (κ1) is 12.6. The summed E-state index contributed by atoms with van der Waals surface area (Å²) in [4.78, 5) is 21.6. The van der Waals surface area contributed by atoms with Gasteiger partial charge < -0.3 is 15.5 Å². The summed E-state index contributed by atoms with van der Waals surface area (Å²) in [5.74, 6) is -2.42. The molecule has 16 heavy (non-hydrogen) atoms. The second-order valence-electron chi connectivity index (χ2n) is 2.93. The van der Waals surface area contributed by atoms with E-state index in [9.17, 15) is 14.7 Å². The average molecular weight is 264 g/mol. The lowest BCUT2D eigenvalue weighted by atomic mass is 10.1. The minimum absolute atomic E-state index is 0.0361. The van der Waals surface area contributed by atoms with E-state index in [1.165, 1.54) is 6.92 Å². The summed E-state index contributed by atoms with van der Waals surface area (Å²) in [5.41, 5.74) is -0.541. The van der Waals surface area contributed by atoms with Crippen LogP contribution in [0, 0.1) is 0 Å². The minimum atomic E-state index is -1.41. The fourth-order valence-corrected chi connectivity index (χ4v) is 1.72. The molecule has 0 atom stereocenters. The van der Waals surface area contributed by atoms with Crippen LogP contribution in [0.1, 0.15) is 17.3 Å². The Balaban J connectivity index is 3.44. The second-order valence-corrected chi connectivity index (χ2v) is 3.71. The number of carboxylic acid groups (broad SMARTS) is 1. The topological polar surface area (TPSA) is 86.6 Å². The molecule has 0 aromatic heterocycles. The van der Waals surface area contributed by atoms with Gasteiger partial charge in [-0.2, -0.15) is 0 Å². The van der Waals surface area contributed by atoms with E-state index in [1.807, 2.05) is 0 Å². The summed E-state index contributed by atoms with van der Waals surface area (Å²) in [6, 6.07) is 1.00. The van der Waals surface area contributed by atoms with E-state index >= 15 is 0 Å². The molecule has 0 aliphatic carbocycles. The molecular weight excluding hydrogens is 257 g/mol. The highest BCUT2D eigenvalue weighted by atomic mass is 35.5. The number of carbonyl (C=O) groups is 2. The maximum atomic E-state index is 10.8. The van der Waals surface area contributed by atoms with Crippen LogP contribution < -0.4 is 5.32 Å². The Morgan fingerprint density at radius 1 is 1.38 bits per heavy atom. The van der Waals surface area contributed by atoms with Crippen LogP contribution in [0.3, 0.4) is 0 Å². The van der Waals surface area contributed by atoms with Crippen molar-refractivity contribution in [1.82, 2.24) is 0 Å². The van der Waals surface area contributed by atoms with Gasteiger partial charge in [0.05, 0.1) is 15.7 Å². The zero-order valence-corrected chi connectivity index (χ0v) is 9.56. The molecule has 7 heteroatoms. The number of amides is 1. The largest absolute Gasteiger partial charge is 0.507 e. The van der Waals surface area contributed by atoms with Gasteiger partial charge in [-0.1, -0.05) is 23.2 Å². The summed E-state index contributed by atoms with van der Waals surface area (Å²) >= 11 is 11.4. The molecule has 0 fully saturated rings. The van der Waals surface area contributed by atoms with Gasteiger partial charge in [-0.3, -0.25) is 4.79 Å². The lowest BCUT2D eigenvalue weighted by molar-refractivity contribution is -0.114. The predicted molar refractivity (Wildman–Crippen MR) is 59.4 cm³/mol. The van der Waals surface area contributed by atoms with Crippen LogP contribution in [0.25, 0.3) is 0 Å². The number of hydrogen-bond acceptors (Lipinski definition) is 3. The van der Waals surface area contributed by atoms with Crippen LogP contribution in [-0.4, -0.2) is 22.1 Å². The number of aromatic carboxylic acids is 1.